The zero-order valence-corrected chi connectivity index (χ0v) is 12.8. The van der Waals surface area contributed by atoms with Crippen LogP contribution in [-0.4, -0.2) is 32.3 Å². The number of carbonyl (C=O) groups excluding carboxylic acids is 1. The fourth-order valence-electron chi connectivity index (χ4n) is 2.45. The van der Waals surface area contributed by atoms with Crippen LogP contribution < -0.4 is 4.74 Å². The Bertz CT molecular complexity index is 822. The SMILES string of the molecule is O=C1CCC(C#Cc2cccc(Oc3[nH]nnc3C(=O)O)c2)CC1. The van der Waals surface area contributed by atoms with Crippen LogP contribution in [0.4, 0.5) is 0 Å². The van der Waals surface area contributed by atoms with Crippen LogP contribution in [0.2, 0.25) is 0 Å². The standard InChI is InChI=1S/C17H15N3O4/c21-13-8-6-11(7-9-13)4-5-12-2-1-3-14(10-12)24-16-15(17(22)23)18-20-19-16/h1-3,10-11H,6-9H2,(H,22,23)(H,18,19,20). The second-order valence-corrected chi connectivity index (χ2v) is 5.51. The number of aromatic nitrogens is 3. The third kappa shape index (κ3) is 3.79. The van der Waals surface area contributed by atoms with Gasteiger partial charge in [0.05, 0.1) is 0 Å². The monoisotopic (exact) mass is 325 g/mol. The van der Waals surface area contributed by atoms with Gasteiger partial charge in [-0.3, -0.25) is 4.79 Å². The molecule has 2 N–H and O–H groups in total. The van der Waals surface area contributed by atoms with Crippen molar-refractivity contribution in [1.82, 2.24) is 15.4 Å². The van der Waals surface area contributed by atoms with E-state index in [1.54, 1.807) is 18.2 Å². The van der Waals surface area contributed by atoms with Gasteiger partial charge in [-0.05, 0) is 31.0 Å². The van der Waals surface area contributed by atoms with E-state index in [0.717, 1.165) is 18.4 Å². The highest BCUT2D eigenvalue weighted by Gasteiger charge is 2.17. The Balaban J connectivity index is 1.72. The fourth-order valence-corrected chi connectivity index (χ4v) is 2.45. The smallest absolute Gasteiger partial charge is 0.362 e. The van der Waals surface area contributed by atoms with Crippen molar-refractivity contribution in [2.45, 2.75) is 25.7 Å². The second kappa shape index (κ2) is 6.96. The van der Waals surface area contributed by atoms with E-state index in [0.29, 0.717) is 24.4 Å². The maximum Gasteiger partial charge on any atom is 0.362 e. The number of hydrogen-bond donors (Lipinski definition) is 2. The third-order valence-electron chi connectivity index (χ3n) is 3.74. The molecule has 24 heavy (non-hydrogen) atoms. The summed E-state index contributed by atoms with van der Waals surface area (Å²) in [4.78, 5) is 22.2. The highest BCUT2D eigenvalue weighted by molar-refractivity contribution is 5.87. The van der Waals surface area contributed by atoms with Gasteiger partial charge in [0.25, 0.3) is 5.88 Å². The summed E-state index contributed by atoms with van der Waals surface area (Å²) in [5, 5.41) is 18.3. The van der Waals surface area contributed by atoms with Gasteiger partial charge in [0.15, 0.2) is 0 Å². The number of hydrogen-bond acceptors (Lipinski definition) is 5. The number of nitrogens with one attached hydrogen (secondary N) is 1. The summed E-state index contributed by atoms with van der Waals surface area (Å²) in [6, 6.07) is 7.02. The van der Waals surface area contributed by atoms with E-state index in [9.17, 15) is 9.59 Å². The molecule has 1 aliphatic rings. The highest BCUT2D eigenvalue weighted by atomic mass is 16.5. The average Bonchev–Trinajstić information content (AvgIpc) is 3.03. The minimum Gasteiger partial charge on any atom is -0.476 e. The summed E-state index contributed by atoms with van der Waals surface area (Å²) in [7, 11) is 0. The van der Waals surface area contributed by atoms with Gasteiger partial charge in [0, 0.05) is 24.3 Å². The zero-order chi connectivity index (χ0) is 16.9. The van der Waals surface area contributed by atoms with E-state index >= 15 is 0 Å². The van der Waals surface area contributed by atoms with E-state index < -0.39 is 5.97 Å². The number of ketones is 1. The lowest BCUT2D eigenvalue weighted by Crippen LogP contribution is -2.12. The van der Waals surface area contributed by atoms with E-state index in [4.69, 9.17) is 9.84 Å². The molecule has 7 nitrogen and oxygen atoms in total. The van der Waals surface area contributed by atoms with Gasteiger partial charge < -0.3 is 9.84 Å². The minimum atomic E-state index is -1.22. The van der Waals surface area contributed by atoms with Crippen LogP contribution >= 0.6 is 0 Å². The molecule has 0 atom stereocenters. The number of ether oxygens (including phenoxy) is 1. The van der Waals surface area contributed by atoms with E-state index in [1.807, 2.05) is 6.07 Å². The van der Waals surface area contributed by atoms with Crippen LogP contribution in [0.15, 0.2) is 24.3 Å². The third-order valence-corrected chi connectivity index (χ3v) is 3.74. The fraction of sp³-hybridized carbons (Fsp3) is 0.294. The van der Waals surface area contributed by atoms with Crippen molar-refractivity contribution < 1.29 is 19.4 Å². The molecular formula is C17H15N3O4. The van der Waals surface area contributed by atoms with Crippen molar-refractivity contribution in [2.24, 2.45) is 5.92 Å². The Morgan fingerprint density at radius 2 is 2.12 bits per heavy atom. The Kier molecular flexibility index (Phi) is 4.57. The number of H-pyrrole nitrogens is 1. The van der Waals surface area contributed by atoms with E-state index in [2.05, 4.69) is 27.3 Å². The molecule has 0 radical (unpaired) electrons. The molecule has 0 unspecified atom stereocenters. The first-order valence-corrected chi connectivity index (χ1v) is 7.57. The molecule has 0 aliphatic heterocycles. The molecule has 0 saturated heterocycles. The number of carboxylic acid groups (broad SMARTS) is 1. The van der Waals surface area contributed by atoms with Gasteiger partial charge in [0.1, 0.15) is 11.5 Å². The lowest BCUT2D eigenvalue weighted by atomic mass is 9.89. The largest absolute Gasteiger partial charge is 0.476 e. The molecule has 1 heterocycles. The Hall–Kier alpha value is -3.14. The van der Waals surface area contributed by atoms with Crippen LogP contribution in [0.5, 0.6) is 11.6 Å². The Morgan fingerprint density at radius 3 is 2.88 bits per heavy atom. The number of Topliss-reactive ketones (excluding diaryl/α,β-unsaturated/α-hetero) is 1. The molecule has 0 spiro atoms. The van der Waals surface area contributed by atoms with Gasteiger partial charge in [-0.25, -0.2) is 9.89 Å². The topological polar surface area (TPSA) is 105 Å². The minimum absolute atomic E-state index is 0.0293. The lowest BCUT2D eigenvalue weighted by molar-refractivity contribution is -0.120. The first-order chi connectivity index (χ1) is 11.6. The van der Waals surface area contributed by atoms with Crippen LogP contribution in [0, 0.1) is 17.8 Å². The molecule has 0 bridgehead atoms. The first-order valence-electron chi connectivity index (χ1n) is 7.57. The van der Waals surface area contributed by atoms with Gasteiger partial charge in [0.2, 0.25) is 5.69 Å². The summed E-state index contributed by atoms with van der Waals surface area (Å²) < 4.78 is 5.48. The molecule has 3 rings (SSSR count). The summed E-state index contributed by atoms with van der Waals surface area (Å²) in [6.45, 7) is 0. The van der Waals surface area contributed by atoms with Crippen molar-refractivity contribution in [1.29, 1.82) is 0 Å². The Labute approximate surface area is 138 Å². The molecule has 122 valence electrons. The molecular weight excluding hydrogens is 310 g/mol. The van der Waals surface area contributed by atoms with Crippen molar-refractivity contribution in [3.63, 3.8) is 0 Å². The molecule has 0 amide bonds. The molecule has 2 aromatic rings. The number of aromatic carboxylic acids is 1. The summed E-state index contributed by atoms with van der Waals surface area (Å²) in [5.41, 5.74) is 0.479. The normalized spacial score (nSPS) is 14.8. The van der Waals surface area contributed by atoms with Crippen LogP contribution in [0.3, 0.4) is 0 Å². The average molecular weight is 325 g/mol. The number of carbonyl (C=O) groups is 2. The van der Waals surface area contributed by atoms with Gasteiger partial charge >= 0.3 is 5.97 Å². The predicted octanol–water partition coefficient (Wildman–Crippen LogP) is 2.41. The van der Waals surface area contributed by atoms with Crippen molar-refractivity contribution >= 4 is 11.8 Å². The summed E-state index contributed by atoms with van der Waals surface area (Å²) in [6.07, 6.45) is 2.83. The van der Waals surface area contributed by atoms with Gasteiger partial charge in [-0.15, -0.1) is 5.10 Å². The van der Waals surface area contributed by atoms with E-state index in [-0.39, 0.29) is 17.5 Å². The molecule has 1 aromatic carbocycles. The number of aromatic amines is 1. The summed E-state index contributed by atoms with van der Waals surface area (Å²) >= 11 is 0. The van der Waals surface area contributed by atoms with Crippen molar-refractivity contribution in [3.8, 4) is 23.5 Å². The number of benzene rings is 1. The molecule has 1 aliphatic carbocycles. The molecule has 1 saturated carbocycles. The van der Waals surface area contributed by atoms with Crippen LogP contribution in [0.1, 0.15) is 41.7 Å². The maximum atomic E-state index is 11.2. The quantitative estimate of drug-likeness (QED) is 0.840. The summed E-state index contributed by atoms with van der Waals surface area (Å²) in [5.74, 6) is 6.02. The second-order valence-electron chi connectivity index (χ2n) is 5.51. The Morgan fingerprint density at radius 1 is 1.33 bits per heavy atom. The number of nitrogens with zero attached hydrogens (tertiary/aromatic N) is 2. The van der Waals surface area contributed by atoms with Crippen molar-refractivity contribution in [2.75, 3.05) is 0 Å². The highest BCUT2D eigenvalue weighted by Crippen LogP contribution is 2.23. The van der Waals surface area contributed by atoms with Gasteiger partial charge in [-0.2, -0.15) is 0 Å². The number of rotatable bonds is 3. The number of carboxylic acids is 1. The van der Waals surface area contributed by atoms with Crippen molar-refractivity contribution in [3.05, 3.63) is 35.5 Å². The lowest BCUT2D eigenvalue weighted by Gasteiger charge is -2.14. The molecule has 1 fully saturated rings. The molecule has 1 aromatic heterocycles. The van der Waals surface area contributed by atoms with E-state index in [1.165, 1.54) is 0 Å². The maximum absolute atomic E-state index is 11.2. The molecule has 7 heteroatoms. The van der Waals surface area contributed by atoms with Crippen LogP contribution in [-0.2, 0) is 4.79 Å². The predicted molar refractivity (Wildman–Crippen MR) is 83.7 cm³/mol. The van der Waals surface area contributed by atoms with Gasteiger partial charge in [-0.1, -0.05) is 23.1 Å². The first kappa shape index (κ1) is 15.7. The van der Waals surface area contributed by atoms with Crippen LogP contribution in [0.25, 0.3) is 0 Å². The zero-order valence-electron chi connectivity index (χ0n) is 12.8.